The second-order valence-electron chi connectivity index (χ2n) is 6.93. The van der Waals surface area contributed by atoms with Gasteiger partial charge in [0.15, 0.2) is 0 Å². The molecule has 146 valence electrons. The van der Waals surface area contributed by atoms with Crippen LogP contribution in [-0.2, 0) is 25.5 Å². The first-order valence-corrected chi connectivity index (χ1v) is 9.36. The van der Waals surface area contributed by atoms with Gasteiger partial charge < -0.3 is 24.9 Å². The van der Waals surface area contributed by atoms with E-state index in [4.69, 9.17) is 9.47 Å². The highest BCUT2D eigenvalue weighted by atomic mass is 16.5. The van der Waals surface area contributed by atoms with Gasteiger partial charge in [-0.25, -0.2) is 4.79 Å². The third kappa shape index (κ3) is 5.08. The number of carboxylic acids is 1. The van der Waals surface area contributed by atoms with Crippen molar-refractivity contribution in [2.24, 2.45) is 0 Å². The number of para-hydroxylation sites is 1. The highest BCUT2D eigenvalue weighted by molar-refractivity contribution is 5.88. The maximum absolute atomic E-state index is 12.4. The van der Waals surface area contributed by atoms with Gasteiger partial charge in [0, 0.05) is 30.1 Å². The van der Waals surface area contributed by atoms with Gasteiger partial charge >= 0.3 is 5.97 Å². The number of aliphatic carboxylic acids is 1. The Morgan fingerprint density at radius 1 is 1.37 bits per heavy atom. The zero-order valence-corrected chi connectivity index (χ0v) is 15.4. The molecule has 1 aromatic carbocycles. The average Bonchev–Trinajstić information content (AvgIpc) is 3.09. The first-order valence-electron chi connectivity index (χ1n) is 9.36. The van der Waals surface area contributed by atoms with Gasteiger partial charge in [-0.05, 0) is 37.8 Å². The van der Waals surface area contributed by atoms with Crippen LogP contribution in [0.25, 0.3) is 10.9 Å². The smallest absolute Gasteiger partial charge is 0.326 e. The molecule has 0 bridgehead atoms. The molecular formula is C20H26N2O5. The lowest BCUT2D eigenvalue weighted by Gasteiger charge is -2.24. The minimum Gasteiger partial charge on any atom is -0.480 e. The second kappa shape index (κ2) is 9.01. The van der Waals surface area contributed by atoms with Crippen molar-refractivity contribution in [3.05, 3.63) is 36.0 Å². The van der Waals surface area contributed by atoms with E-state index in [2.05, 4.69) is 10.3 Å². The number of H-pyrrole nitrogens is 1. The van der Waals surface area contributed by atoms with E-state index < -0.39 is 24.0 Å². The van der Waals surface area contributed by atoms with E-state index in [1.165, 1.54) is 0 Å². The molecule has 0 spiro atoms. The molecule has 2 heterocycles. The van der Waals surface area contributed by atoms with E-state index >= 15 is 0 Å². The average molecular weight is 374 g/mol. The molecular weight excluding hydrogens is 348 g/mol. The van der Waals surface area contributed by atoms with Gasteiger partial charge in [-0.15, -0.1) is 0 Å². The fourth-order valence-electron chi connectivity index (χ4n) is 3.28. The van der Waals surface area contributed by atoms with Crippen molar-refractivity contribution >= 4 is 22.8 Å². The number of aromatic amines is 1. The lowest BCUT2D eigenvalue weighted by Crippen LogP contribution is -2.47. The van der Waals surface area contributed by atoms with Crippen LogP contribution in [0.2, 0.25) is 0 Å². The number of hydrogen-bond donors (Lipinski definition) is 3. The number of carboxylic acid groups (broad SMARTS) is 1. The fraction of sp³-hybridized carbons (Fsp3) is 0.500. The lowest BCUT2D eigenvalue weighted by atomic mass is 10.0. The summed E-state index contributed by atoms with van der Waals surface area (Å²) in [5.74, 6) is -1.51. The molecule has 3 unspecified atom stereocenters. The minimum absolute atomic E-state index is 0.00971. The Bertz CT molecular complexity index is 782. The first kappa shape index (κ1) is 19.4. The molecule has 0 radical (unpaired) electrons. The van der Waals surface area contributed by atoms with Gasteiger partial charge in [-0.3, -0.25) is 4.79 Å². The molecule has 1 aliphatic heterocycles. The van der Waals surface area contributed by atoms with Gasteiger partial charge in [-0.1, -0.05) is 18.2 Å². The summed E-state index contributed by atoms with van der Waals surface area (Å²) < 4.78 is 11.2. The summed E-state index contributed by atoms with van der Waals surface area (Å²) in [6.07, 6.45) is 4.33. The van der Waals surface area contributed by atoms with Gasteiger partial charge in [0.2, 0.25) is 5.91 Å². The molecule has 3 N–H and O–H groups in total. The monoisotopic (exact) mass is 374 g/mol. The number of carbonyl (C=O) groups is 2. The summed E-state index contributed by atoms with van der Waals surface area (Å²) in [5.41, 5.74) is 1.79. The van der Waals surface area contributed by atoms with E-state index in [0.29, 0.717) is 6.61 Å². The molecule has 1 aromatic heterocycles. The number of rotatable bonds is 8. The van der Waals surface area contributed by atoms with Crippen LogP contribution in [0.4, 0.5) is 0 Å². The quantitative estimate of drug-likeness (QED) is 0.658. The third-order valence-electron chi connectivity index (χ3n) is 4.89. The zero-order chi connectivity index (χ0) is 19.2. The molecule has 1 fully saturated rings. The first-order chi connectivity index (χ1) is 13.0. The maximum atomic E-state index is 12.4. The van der Waals surface area contributed by atoms with E-state index in [0.717, 1.165) is 42.3 Å². The molecule has 0 aliphatic carbocycles. The summed E-state index contributed by atoms with van der Waals surface area (Å²) in [7, 11) is 0. The van der Waals surface area contributed by atoms with Crippen LogP contribution in [-0.4, -0.2) is 53.4 Å². The molecule has 1 saturated heterocycles. The van der Waals surface area contributed by atoms with Crippen LogP contribution in [0.3, 0.4) is 0 Å². The largest absolute Gasteiger partial charge is 0.480 e. The highest BCUT2D eigenvalue weighted by Crippen LogP contribution is 2.19. The standard InChI is InChI=1S/C20H26N2O5/c1-13(27-12-15-6-4-5-9-26-15)19(23)22-18(20(24)25)10-14-11-21-17-8-3-2-7-16(14)17/h2-3,7-8,11,13,15,18,21H,4-6,9-10,12H2,1H3,(H,22,23)(H,24,25). The topological polar surface area (TPSA) is 101 Å². The van der Waals surface area contributed by atoms with Crippen molar-refractivity contribution in [3.63, 3.8) is 0 Å². The number of benzene rings is 1. The molecule has 1 aliphatic rings. The number of nitrogens with one attached hydrogen (secondary N) is 2. The lowest BCUT2D eigenvalue weighted by molar-refractivity contribution is -0.145. The van der Waals surface area contributed by atoms with Gasteiger partial charge in [0.25, 0.3) is 0 Å². The van der Waals surface area contributed by atoms with Crippen molar-refractivity contribution in [1.29, 1.82) is 0 Å². The molecule has 3 rings (SSSR count). The van der Waals surface area contributed by atoms with E-state index in [1.54, 1.807) is 13.1 Å². The predicted octanol–water partition coefficient (Wildman–Crippen LogP) is 2.25. The van der Waals surface area contributed by atoms with Crippen molar-refractivity contribution in [3.8, 4) is 0 Å². The Morgan fingerprint density at radius 3 is 2.93 bits per heavy atom. The Morgan fingerprint density at radius 2 is 2.19 bits per heavy atom. The molecule has 1 amide bonds. The van der Waals surface area contributed by atoms with Gasteiger partial charge in [0.1, 0.15) is 12.1 Å². The van der Waals surface area contributed by atoms with Crippen LogP contribution in [0, 0.1) is 0 Å². The van der Waals surface area contributed by atoms with Crippen molar-refractivity contribution in [2.75, 3.05) is 13.2 Å². The second-order valence-corrected chi connectivity index (χ2v) is 6.93. The van der Waals surface area contributed by atoms with E-state index in [9.17, 15) is 14.7 Å². The molecule has 27 heavy (non-hydrogen) atoms. The van der Waals surface area contributed by atoms with Crippen LogP contribution in [0.5, 0.6) is 0 Å². The number of carbonyl (C=O) groups excluding carboxylic acids is 1. The predicted molar refractivity (Wildman–Crippen MR) is 101 cm³/mol. The normalized spacial score (nSPS) is 19.5. The van der Waals surface area contributed by atoms with Crippen LogP contribution >= 0.6 is 0 Å². The fourth-order valence-corrected chi connectivity index (χ4v) is 3.28. The van der Waals surface area contributed by atoms with Crippen molar-refractivity contribution < 1.29 is 24.2 Å². The minimum atomic E-state index is -1.07. The van der Waals surface area contributed by atoms with Crippen LogP contribution in [0.15, 0.2) is 30.5 Å². The van der Waals surface area contributed by atoms with Crippen LogP contribution in [0.1, 0.15) is 31.7 Å². The number of amides is 1. The number of fused-ring (bicyclic) bond motifs is 1. The van der Waals surface area contributed by atoms with Crippen LogP contribution < -0.4 is 5.32 Å². The molecule has 3 atom stereocenters. The Hall–Kier alpha value is -2.38. The Balaban J connectivity index is 1.56. The Labute approximate surface area is 158 Å². The van der Waals surface area contributed by atoms with Crippen molar-refractivity contribution in [2.45, 2.75) is 50.9 Å². The number of ether oxygens (including phenoxy) is 2. The van der Waals surface area contributed by atoms with E-state index in [-0.39, 0.29) is 12.5 Å². The zero-order valence-electron chi connectivity index (χ0n) is 15.4. The molecule has 2 aromatic rings. The summed E-state index contributed by atoms with van der Waals surface area (Å²) in [6, 6.07) is 6.65. The number of hydrogen-bond acceptors (Lipinski definition) is 4. The molecule has 7 nitrogen and oxygen atoms in total. The third-order valence-corrected chi connectivity index (χ3v) is 4.89. The number of aromatic nitrogens is 1. The SMILES string of the molecule is CC(OCC1CCCCO1)C(=O)NC(Cc1c[nH]c2ccccc12)C(=O)O. The van der Waals surface area contributed by atoms with Crippen molar-refractivity contribution in [1.82, 2.24) is 10.3 Å². The highest BCUT2D eigenvalue weighted by Gasteiger charge is 2.25. The molecule has 0 saturated carbocycles. The summed E-state index contributed by atoms with van der Waals surface area (Å²) in [4.78, 5) is 27.1. The molecule has 7 heteroatoms. The summed E-state index contributed by atoms with van der Waals surface area (Å²) >= 11 is 0. The maximum Gasteiger partial charge on any atom is 0.326 e. The van der Waals surface area contributed by atoms with Gasteiger partial charge in [-0.2, -0.15) is 0 Å². The van der Waals surface area contributed by atoms with E-state index in [1.807, 2.05) is 24.3 Å². The van der Waals surface area contributed by atoms with Gasteiger partial charge in [0.05, 0.1) is 12.7 Å². The summed E-state index contributed by atoms with van der Waals surface area (Å²) in [5, 5.41) is 13.1. The Kier molecular flexibility index (Phi) is 6.47. The summed E-state index contributed by atoms with van der Waals surface area (Å²) in [6.45, 7) is 2.69.